The molecule has 0 aliphatic carbocycles. The van der Waals surface area contributed by atoms with Crippen LogP contribution in [0.5, 0.6) is 11.5 Å². The van der Waals surface area contributed by atoms with E-state index < -0.39 is 28.6 Å². The number of rotatable bonds is 6. The van der Waals surface area contributed by atoms with Gasteiger partial charge in [-0.05, 0) is 25.1 Å². The van der Waals surface area contributed by atoms with Crippen molar-refractivity contribution in [1.29, 1.82) is 0 Å². The molecule has 1 aliphatic heterocycles. The molecular weight excluding hydrogens is 358 g/mol. The van der Waals surface area contributed by atoms with Crippen LogP contribution in [0.2, 0.25) is 0 Å². The SMILES string of the molecule is Cc1ccc(S(=O)(=O)NC2CCOc3cc(OCC(=O)O)ccc32)cc1. The van der Waals surface area contributed by atoms with E-state index in [0.29, 0.717) is 30.1 Å². The van der Waals surface area contributed by atoms with Crippen LogP contribution in [-0.4, -0.2) is 32.7 Å². The van der Waals surface area contributed by atoms with Gasteiger partial charge in [0.05, 0.1) is 17.5 Å². The summed E-state index contributed by atoms with van der Waals surface area (Å²) in [5, 5.41) is 8.68. The number of benzene rings is 2. The van der Waals surface area contributed by atoms with Gasteiger partial charge in [0.25, 0.3) is 0 Å². The van der Waals surface area contributed by atoms with E-state index in [1.54, 1.807) is 42.5 Å². The third-order valence-electron chi connectivity index (χ3n) is 4.02. The van der Waals surface area contributed by atoms with Crippen molar-refractivity contribution in [3.8, 4) is 11.5 Å². The van der Waals surface area contributed by atoms with Crippen LogP contribution in [0.4, 0.5) is 0 Å². The lowest BCUT2D eigenvalue weighted by molar-refractivity contribution is -0.139. The fraction of sp³-hybridized carbons (Fsp3) is 0.278. The molecule has 0 spiro atoms. The van der Waals surface area contributed by atoms with E-state index in [2.05, 4.69) is 4.72 Å². The molecule has 0 radical (unpaired) electrons. The van der Waals surface area contributed by atoms with Gasteiger partial charge in [0.2, 0.25) is 10.0 Å². The van der Waals surface area contributed by atoms with Crippen LogP contribution >= 0.6 is 0 Å². The smallest absolute Gasteiger partial charge is 0.341 e. The van der Waals surface area contributed by atoms with Crippen molar-refractivity contribution in [3.63, 3.8) is 0 Å². The molecule has 0 amide bonds. The fourth-order valence-electron chi connectivity index (χ4n) is 2.70. The molecule has 3 rings (SSSR count). The van der Waals surface area contributed by atoms with E-state index in [4.69, 9.17) is 14.6 Å². The lowest BCUT2D eigenvalue weighted by atomic mass is 10.0. The first-order chi connectivity index (χ1) is 12.3. The van der Waals surface area contributed by atoms with Crippen LogP contribution < -0.4 is 14.2 Å². The van der Waals surface area contributed by atoms with Gasteiger partial charge in [-0.15, -0.1) is 0 Å². The Hall–Kier alpha value is -2.58. The molecule has 26 heavy (non-hydrogen) atoms. The van der Waals surface area contributed by atoms with Crippen LogP contribution in [0.25, 0.3) is 0 Å². The Balaban J connectivity index is 1.81. The van der Waals surface area contributed by atoms with Crippen molar-refractivity contribution in [2.24, 2.45) is 0 Å². The number of carboxylic acid groups (broad SMARTS) is 1. The standard InChI is InChI=1S/C18H19NO6S/c1-12-2-5-14(6-3-12)26(22,23)19-16-8-9-24-17-10-13(4-7-15(16)17)25-11-18(20)21/h2-7,10,16,19H,8-9,11H2,1H3,(H,20,21). The largest absolute Gasteiger partial charge is 0.493 e. The molecular formula is C18H19NO6S. The molecule has 0 saturated carbocycles. The lowest BCUT2D eigenvalue weighted by Gasteiger charge is -2.27. The maximum Gasteiger partial charge on any atom is 0.341 e. The van der Waals surface area contributed by atoms with Gasteiger partial charge in [0.1, 0.15) is 11.5 Å². The highest BCUT2D eigenvalue weighted by Crippen LogP contribution is 2.35. The van der Waals surface area contributed by atoms with Crippen molar-refractivity contribution < 1.29 is 27.8 Å². The van der Waals surface area contributed by atoms with Gasteiger partial charge in [0, 0.05) is 18.1 Å². The van der Waals surface area contributed by atoms with Crippen molar-refractivity contribution in [2.75, 3.05) is 13.2 Å². The zero-order chi connectivity index (χ0) is 18.7. The van der Waals surface area contributed by atoms with Crippen molar-refractivity contribution in [1.82, 2.24) is 4.72 Å². The van der Waals surface area contributed by atoms with Crippen LogP contribution in [0.3, 0.4) is 0 Å². The summed E-state index contributed by atoms with van der Waals surface area (Å²) >= 11 is 0. The summed E-state index contributed by atoms with van der Waals surface area (Å²) in [5.74, 6) is -0.240. The van der Waals surface area contributed by atoms with E-state index in [0.717, 1.165) is 5.56 Å². The second-order valence-electron chi connectivity index (χ2n) is 6.01. The van der Waals surface area contributed by atoms with Gasteiger partial charge < -0.3 is 14.6 Å². The third-order valence-corrected chi connectivity index (χ3v) is 5.50. The molecule has 0 fully saturated rings. The molecule has 1 unspecified atom stereocenters. The number of ether oxygens (including phenoxy) is 2. The van der Waals surface area contributed by atoms with Crippen LogP contribution in [0, 0.1) is 6.92 Å². The first-order valence-corrected chi connectivity index (χ1v) is 9.54. The van der Waals surface area contributed by atoms with Crippen molar-refractivity contribution in [2.45, 2.75) is 24.3 Å². The predicted molar refractivity (Wildman–Crippen MR) is 93.9 cm³/mol. The van der Waals surface area contributed by atoms with E-state index in [-0.39, 0.29) is 4.90 Å². The number of nitrogens with one attached hydrogen (secondary N) is 1. The van der Waals surface area contributed by atoms with Gasteiger partial charge in [-0.3, -0.25) is 0 Å². The molecule has 0 bridgehead atoms. The Kier molecular flexibility index (Phi) is 5.15. The number of hydrogen-bond donors (Lipinski definition) is 2. The highest BCUT2D eigenvalue weighted by atomic mass is 32.2. The second-order valence-corrected chi connectivity index (χ2v) is 7.72. The van der Waals surface area contributed by atoms with Crippen molar-refractivity contribution >= 4 is 16.0 Å². The summed E-state index contributed by atoms with van der Waals surface area (Å²) < 4.78 is 38.7. The maximum absolute atomic E-state index is 12.6. The summed E-state index contributed by atoms with van der Waals surface area (Å²) in [4.78, 5) is 10.8. The van der Waals surface area contributed by atoms with E-state index in [9.17, 15) is 13.2 Å². The van der Waals surface area contributed by atoms with Gasteiger partial charge in [-0.1, -0.05) is 23.8 Å². The van der Waals surface area contributed by atoms with Crippen LogP contribution in [0.15, 0.2) is 47.4 Å². The summed E-state index contributed by atoms with van der Waals surface area (Å²) in [5.41, 5.74) is 1.67. The molecule has 0 saturated heterocycles. The minimum Gasteiger partial charge on any atom is -0.493 e. The van der Waals surface area contributed by atoms with E-state index >= 15 is 0 Å². The zero-order valence-electron chi connectivity index (χ0n) is 14.1. The average Bonchev–Trinajstić information content (AvgIpc) is 2.60. The van der Waals surface area contributed by atoms with Crippen molar-refractivity contribution in [3.05, 3.63) is 53.6 Å². The highest BCUT2D eigenvalue weighted by Gasteiger charge is 2.27. The van der Waals surface area contributed by atoms with Crippen LogP contribution in [0.1, 0.15) is 23.6 Å². The number of aryl methyl sites for hydroxylation is 1. The Morgan fingerprint density at radius 2 is 2.00 bits per heavy atom. The first kappa shape index (κ1) is 18.2. The first-order valence-electron chi connectivity index (χ1n) is 8.05. The van der Waals surface area contributed by atoms with E-state index in [1.807, 2.05) is 6.92 Å². The summed E-state index contributed by atoms with van der Waals surface area (Å²) in [6.45, 7) is 1.78. The van der Waals surface area contributed by atoms with Gasteiger partial charge in [0.15, 0.2) is 6.61 Å². The average molecular weight is 377 g/mol. The maximum atomic E-state index is 12.6. The Labute approximate surface area is 151 Å². The summed E-state index contributed by atoms with van der Waals surface area (Å²) in [6, 6.07) is 11.1. The third kappa shape index (κ3) is 4.14. The molecule has 1 heterocycles. The molecule has 8 heteroatoms. The number of hydrogen-bond acceptors (Lipinski definition) is 5. The summed E-state index contributed by atoms with van der Waals surface area (Å²) in [6.07, 6.45) is 0.493. The van der Waals surface area contributed by atoms with Gasteiger partial charge >= 0.3 is 5.97 Å². The minimum atomic E-state index is -3.67. The molecule has 2 aromatic carbocycles. The minimum absolute atomic E-state index is 0.206. The van der Waals surface area contributed by atoms with E-state index in [1.165, 1.54) is 0 Å². The molecule has 138 valence electrons. The topological polar surface area (TPSA) is 102 Å². The molecule has 0 aromatic heterocycles. The van der Waals surface area contributed by atoms with Gasteiger partial charge in [-0.25, -0.2) is 17.9 Å². The monoisotopic (exact) mass is 377 g/mol. The number of fused-ring (bicyclic) bond motifs is 1. The Bertz CT molecular complexity index is 908. The molecule has 2 aromatic rings. The molecule has 1 atom stereocenters. The second kappa shape index (κ2) is 7.35. The number of carbonyl (C=O) groups is 1. The number of carboxylic acids is 1. The molecule has 2 N–H and O–H groups in total. The quantitative estimate of drug-likeness (QED) is 0.801. The Morgan fingerprint density at radius 1 is 1.27 bits per heavy atom. The zero-order valence-corrected chi connectivity index (χ0v) is 15.0. The van der Waals surface area contributed by atoms with Crippen LogP contribution in [-0.2, 0) is 14.8 Å². The molecule has 7 nitrogen and oxygen atoms in total. The number of sulfonamides is 1. The van der Waals surface area contributed by atoms with Gasteiger partial charge in [-0.2, -0.15) is 0 Å². The Morgan fingerprint density at radius 3 is 2.69 bits per heavy atom. The number of aliphatic carboxylic acids is 1. The lowest BCUT2D eigenvalue weighted by Crippen LogP contribution is -2.32. The molecule has 1 aliphatic rings. The fourth-order valence-corrected chi connectivity index (χ4v) is 3.95. The summed E-state index contributed by atoms with van der Waals surface area (Å²) in [7, 11) is -3.67. The highest BCUT2D eigenvalue weighted by molar-refractivity contribution is 7.89. The predicted octanol–water partition coefficient (Wildman–Crippen LogP) is 2.26. The normalized spacial score (nSPS) is 16.4.